The van der Waals surface area contributed by atoms with Gasteiger partial charge in [-0.25, -0.2) is 4.39 Å². The predicted octanol–water partition coefficient (Wildman–Crippen LogP) is 0.404. The molecule has 1 aromatic rings. The van der Waals surface area contributed by atoms with Crippen LogP contribution in [-0.4, -0.2) is 31.4 Å². The van der Waals surface area contributed by atoms with Gasteiger partial charge in [0.05, 0.1) is 18.1 Å². The van der Waals surface area contributed by atoms with Crippen LogP contribution in [0.4, 0.5) is 4.39 Å². The van der Waals surface area contributed by atoms with Crippen LogP contribution >= 0.6 is 0 Å². The minimum Gasteiger partial charge on any atom is -0.381 e. The summed E-state index contributed by atoms with van der Waals surface area (Å²) < 4.78 is 38.5. The highest BCUT2D eigenvalue weighted by Crippen LogP contribution is 2.19. The second-order valence-corrected chi connectivity index (χ2v) is 5.25. The smallest absolute Gasteiger partial charge is 0.264 e. The Morgan fingerprint density at radius 2 is 2.19 bits per heavy atom. The minimum absolute atomic E-state index is 0.137. The van der Waals surface area contributed by atoms with Crippen molar-refractivity contribution in [3.63, 3.8) is 0 Å². The maximum absolute atomic E-state index is 12.6. The van der Waals surface area contributed by atoms with Gasteiger partial charge in [0.1, 0.15) is 18.0 Å². The fourth-order valence-corrected chi connectivity index (χ4v) is 1.43. The zero-order valence-corrected chi connectivity index (χ0v) is 9.66. The molecule has 0 bridgehead atoms. The average Bonchev–Trinajstić information content (AvgIpc) is 2.15. The van der Waals surface area contributed by atoms with Crippen molar-refractivity contribution < 1.29 is 22.1 Å². The largest absolute Gasteiger partial charge is 0.381 e. The molecule has 0 saturated carbocycles. The summed E-state index contributed by atoms with van der Waals surface area (Å²) in [5, 5.41) is 9.87. The molecule has 0 unspecified atom stereocenters. The molecule has 0 fully saturated rings. The van der Waals surface area contributed by atoms with Gasteiger partial charge < -0.3 is 5.11 Å². The highest BCUT2D eigenvalue weighted by Gasteiger charge is 2.27. The van der Waals surface area contributed by atoms with Gasteiger partial charge in [0.25, 0.3) is 10.1 Å². The van der Waals surface area contributed by atoms with E-state index in [9.17, 15) is 17.9 Å². The van der Waals surface area contributed by atoms with Crippen LogP contribution in [0.5, 0.6) is 0 Å². The van der Waals surface area contributed by atoms with E-state index >= 15 is 0 Å². The molecule has 1 heterocycles. The van der Waals surface area contributed by atoms with Crippen LogP contribution in [-0.2, 0) is 19.9 Å². The third-order valence-corrected chi connectivity index (χ3v) is 2.38. The second kappa shape index (κ2) is 4.44. The number of aromatic nitrogens is 1. The molecular formula is C9H12FNO4S. The molecule has 7 heteroatoms. The Bertz CT molecular complexity index is 455. The molecule has 1 atom stereocenters. The van der Waals surface area contributed by atoms with E-state index in [0.717, 1.165) is 18.5 Å². The summed E-state index contributed by atoms with van der Waals surface area (Å²) in [6.07, 6.45) is 1.81. The Hall–Kier alpha value is -1.05. The van der Waals surface area contributed by atoms with E-state index in [1.165, 1.54) is 13.0 Å². The van der Waals surface area contributed by atoms with E-state index in [1.807, 2.05) is 0 Å². The Morgan fingerprint density at radius 1 is 1.56 bits per heavy atom. The molecule has 90 valence electrons. The van der Waals surface area contributed by atoms with E-state index in [-0.39, 0.29) is 5.69 Å². The van der Waals surface area contributed by atoms with Crippen molar-refractivity contribution >= 4 is 10.1 Å². The molecule has 0 spiro atoms. The Labute approximate surface area is 93.0 Å². The highest BCUT2D eigenvalue weighted by atomic mass is 32.2. The topological polar surface area (TPSA) is 76.5 Å². The van der Waals surface area contributed by atoms with Crippen molar-refractivity contribution in [2.24, 2.45) is 0 Å². The number of rotatable bonds is 4. The Kier molecular flexibility index (Phi) is 3.61. The van der Waals surface area contributed by atoms with E-state index in [4.69, 9.17) is 0 Å². The number of hydrogen-bond acceptors (Lipinski definition) is 5. The summed E-state index contributed by atoms with van der Waals surface area (Å²) in [7, 11) is -3.64. The molecule has 0 aromatic carbocycles. The Balaban J connectivity index is 2.81. The lowest BCUT2D eigenvalue weighted by molar-refractivity contribution is 0.00623. The summed E-state index contributed by atoms with van der Waals surface area (Å²) in [6.45, 7) is 0.864. The van der Waals surface area contributed by atoms with Crippen molar-refractivity contribution in [1.29, 1.82) is 0 Å². The molecule has 0 saturated heterocycles. The maximum atomic E-state index is 12.6. The molecule has 1 rings (SSSR count). The first-order valence-electron chi connectivity index (χ1n) is 4.39. The van der Waals surface area contributed by atoms with Crippen molar-refractivity contribution in [1.82, 2.24) is 4.98 Å². The van der Waals surface area contributed by atoms with Gasteiger partial charge in [0, 0.05) is 0 Å². The van der Waals surface area contributed by atoms with Crippen LogP contribution in [0.15, 0.2) is 18.3 Å². The van der Waals surface area contributed by atoms with Gasteiger partial charge in [0.2, 0.25) is 0 Å². The molecule has 16 heavy (non-hydrogen) atoms. The molecule has 0 aliphatic rings. The second-order valence-electron chi connectivity index (χ2n) is 3.60. The summed E-state index contributed by atoms with van der Waals surface area (Å²) in [5.74, 6) is -0.538. The summed E-state index contributed by atoms with van der Waals surface area (Å²) in [4.78, 5) is 3.65. The standard InChI is InChI=1S/C9H12FNO4S/c1-9(12,6-15-16(2,13)14)8-4-3-7(10)5-11-8/h3-5,12H,6H2,1-2H3/t9-/m0/s1. The normalized spacial score (nSPS) is 15.8. The van der Waals surface area contributed by atoms with Crippen LogP contribution in [0.2, 0.25) is 0 Å². The fourth-order valence-electron chi connectivity index (χ4n) is 0.990. The molecule has 0 radical (unpaired) electrons. The van der Waals surface area contributed by atoms with Gasteiger partial charge >= 0.3 is 0 Å². The highest BCUT2D eigenvalue weighted by molar-refractivity contribution is 7.85. The molecule has 1 aromatic heterocycles. The number of hydrogen-bond donors (Lipinski definition) is 1. The first-order valence-corrected chi connectivity index (χ1v) is 6.21. The lowest BCUT2D eigenvalue weighted by atomic mass is 10.0. The number of pyridine rings is 1. The van der Waals surface area contributed by atoms with Crippen molar-refractivity contribution in [2.75, 3.05) is 12.9 Å². The lowest BCUT2D eigenvalue weighted by Crippen LogP contribution is -2.30. The number of nitrogens with zero attached hydrogens (tertiary/aromatic N) is 1. The van der Waals surface area contributed by atoms with Crippen LogP contribution < -0.4 is 0 Å². The third-order valence-electron chi connectivity index (χ3n) is 1.83. The number of halogens is 1. The van der Waals surface area contributed by atoms with E-state index < -0.39 is 28.1 Å². The van der Waals surface area contributed by atoms with Crippen molar-refractivity contribution in [3.05, 3.63) is 29.8 Å². The van der Waals surface area contributed by atoms with Gasteiger partial charge in [-0.05, 0) is 19.1 Å². The molecular weight excluding hydrogens is 237 g/mol. The van der Waals surface area contributed by atoms with Gasteiger partial charge in [-0.1, -0.05) is 0 Å². The SMILES string of the molecule is C[C@](O)(COS(C)(=O)=O)c1ccc(F)cn1. The molecule has 0 aliphatic carbocycles. The van der Waals surface area contributed by atoms with Crippen molar-refractivity contribution in [3.8, 4) is 0 Å². The lowest BCUT2D eigenvalue weighted by Gasteiger charge is -2.21. The fraction of sp³-hybridized carbons (Fsp3) is 0.444. The van der Waals surface area contributed by atoms with Crippen molar-refractivity contribution in [2.45, 2.75) is 12.5 Å². The molecule has 0 aliphatic heterocycles. The summed E-state index contributed by atoms with van der Waals surface area (Å²) in [6, 6.07) is 2.39. The van der Waals surface area contributed by atoms with E-state index in [2.05, 4.69) is 9.17 Å². The monoisotopic (exact) mass is 249 g/mol. The van der Waals surface area contributed by atoms with Crippen LogP contribution in [0.1, 0.15) is 12.6 Å². The van der Waals surface area contributed by atoms with Gasteiger partial charge in [-0.15, -0.1) is 0 Å². The maximum Gasteiger partial charge on any atom is 0.264 e. The summed E-state index contributed by atoms with van der Waals surface area (Å²) >= 11 is 0. The zero-order valence-electron chi connectivity index (χ0n) is 8.84. The number of aliphatic hydroxyl groups is 1. The zero-order chi connectivity index (χ0) is 12.4. The van der Waals surface area contributed by atoms with Crippen LogP contribution in [0.3, 0.4) is 0 Å². The average molecular weight is 249 g/mol. The van der Waals surface area contributed by atoms with Gasteiger partial charge in [-0.3, -0.25) is 9.17 Å². The van der Waals surface area contributed by atoms with E-state index in [0.29, 0.717) is 0 Å². The van der Waals surface area contributed by atoms with Crippen LogP contribution in [0.25, 0.3) is 0 Å². The molecule has 1 N–H and O–H groups in total. The Morgan fingerprint density at radius 3 is 2.62 bits per heavy atom. The third kappa shape index (κ3) is 3.84. The quantitative estimate of drug-likeness (QED) is 0.782. The van der Waals surface area contributed by atoms with E-state index in [1.54, 1.807) is 0 Å². The predicted molar refractivity (Wildman–Crippen MR) is 54.6 cm³/mol. The van der Waals surface area contributed by atoms with Gasteiger partial charge in [0.15, 0.2) is 0 Å². The first kappa shape index (κ1) is 13.0. The minimum atomic E-state index is -3.64. The summed E-state index contributed by atoms with van der Waals surface area (Å²) in [5.41, 5.74) is -1.45. The molecule has 5 nitrogen and oxygen atoms in total. The van der Waals surface area contributed by atoms with Crippen LogP contribution in [0, 0.1) is 5.82 Å². The van der Waals surface area contributed by atoms with Gasteiger partial charge in [-0.2, -0.15) is 8.42 Å². The molecule has 0 amide bonds. The first-order chi connectivity index (χ1) is 7.21.